The molecule has 0 N–H and O–H groups in total. The Balaban J connectivity index is 4.50. The Morgan fingerprint density at radius 3 is 2.24 bits per heavy atom. The molecule has 0 rings (SSSR count). The van der Waals surface area contributed by atoms with Crippen molar-refractivity contribution in [1.29, 1.82) is 0 Å². The van der Waals surface area contributed by atoms with Crippen LogP contribution in [0.2, 0.25) is 0 Å². The van der Waals surface area contributed by atoms with Crippen LogP contribution in [0.5, 0.6) is 0 Å². The van der Waals surface area contributed by atoms with Gasteiger partial charge in [0.05, 0.1) is 0 Å². The lowest BCUT2D eigenvalue weighted by atomic mass is 9.86. The van der Waals surface area contributed by atoms with Gasteiger partial charge in [0.1, 0.15) is 6.29 Å². The van der Waals surface area contributed by atoms with E-state index in [9.17, 15) is 4.79 Å². The predicted octanol–water partition coefficient (Wildman–Crippen LogP) is 2.26. The molecule has 0 aromatic rings. The zero-order chi connectivity index (χ0) is 13.5. The zero-order valence-electron chi connectivity index (χ0n) is 12.5. The summed E-state index contributed by atoms with van der Waals surface area (Å²) in [5.74, 6) is 0. The molecule has 17 heavy (non-hydrogen) atoms. The highest BCUT2D eigenvalue weighted by molar-refractivity contribution is 5.59. The molecule has 0 bridgehead atoms. The molecule has 0 aromatic carbocycles. The Labute approximate surface area is 107 Å². The number of nitrogens with zero attached hydrogens (tertiary/aromatic N) is 2. The summed E-state index contributed by atoms with van der Waals surface area (Å²) in [5.41, 5.74) is -0.189. The van der Waals surface area contributed by atoms with Crippen LogP contribution in [-0.4, -0.2) is 55.9 Å². The highest BCUT2D eigenvalue weighted by Gasteiger charge is 2.27. The summed E-state index contributed by atoms with van der Waals surface area (Å²) in [5, 5.41) is 0. The van der Waals surface area contributed by atoms with Crippen molar-refractivity contribution in [3.05, 3.63) is 0 Å². The van der Waals surface area contributed by atoms with Crippen molar-refractivity contribution in [3.63, 3.8) is 0 Å². The van der Waals surface area contributed by atoms with Gasteiger partial charge in [-0.3, -0.25) is 4.90 Å². The van der Waals surface area contributed by atoms with E-state index in [1.54, 1.807) is 0 Å². The van der Waals surface area contributed by atoms with Gasteiger partial charge in [-0.15, -0.1) is 0 Å². The van der Waals surface area contributed by atoms with E-state index >= 15 is 0 Å². The summed E-state index contributed by atoms with van der Waals surface area (Å²) in [7, 11) is 4.19. The first-order chi connectivity index (χ1) is 7.88. The van der Waals surface area contributed by atoms with E-state index in [1.807, 2.05) is 0 Å². The first-order valence-electron chi connectivity index (χ1n) is 6.73. The van der Waals surface area contributed by atoms with Crippen molar-refractivity contribution < 1.29 is 4.79 Å². The zero-order valence-corrected chi connectivity index (χ0v) is 12.5. The maximum absolute atomic E-state index is 11.3. The molecule has 0 heterocycles. The van der Waals surface area contributed by atoms with Crippen LogP contribution >= 0.6 is 0 Å². The van der Waals surface area contributed by atoms with Gasteiger partial charge in [-0.1, -0.05) is 27.2 Å². The van der Waals surface area contributed by atoms with Crippen LogP contribution in [0.1, 0.15) is 40.5 Å². The van der Waals surface area contributed by atoms with Gasteiger partial charge >= 0.3 is 0 Å². The molecule has 0 saturated heterocycles. The molecule has 102 valence electrons. The summed E-state index contributed by atoms with van der Waals surface area (Å²) in [6.07, 6.45) is 3.18. The Morgan fingerprint density at radius 2 is 1.88 bits per heavy atom. The third-order valence-electron chi connectivity index (χ3n) is 3.33. The number of hydrogen-bond donors (Lipinski definition) is 0. The third-order valence-corrected chi connectivity index (χ3v) is 3.33. The summed E-state index contributed by atoms with van der Waals surface area (Å²) < 4.78 is 0. The molecule has 0 aliphatic heterocycles. The molecule has 0 amide bonds. The summed E-state index contributed by atoms with van der Waals surface area (Å²) in [6.45, 7) is 11.5. The van der Waals surface area contributed by atoms with Crippen molar-refractivity contribution in [2.24, 2.45) is 5.41 Å². The SMILES string of the molecule is CCCC(C)(C=O)CN(CC)C(C)CN(C)C. The Bertz CT molecular complexity index is 218. The second-order valence-electron chi connectivity index (χ2n) is 5.70. The Morgan fingerprint density at radius 1 is 1.29 bits per heavy atom. The standard InChI is InChI=1S/C14H30N2O/c1-7-9-14(4,12-17)11-16(8-2)13(3)10-15(5)6/h12-13H,7-11H2,1-6H3. The largest absolute Gasteiger partial charge is 0.308 e. The minimum atomic E-state index is -0.189. The monoisotopic (exact) mass is 242 g/mol. The molecule has 3 nitrogen and oxygen atoms in total. The number of rotatable bonds is 9. The van der Waals surface area contributed by atoms with Crippen LogP contribution in [0.3, 0.4) is 0 Å². The predicted molar refractivity (Wildman–Crippen MR) is 74.3 cm³/mol. The van der Waals surface area contributed by atoms with Crippen LogP contribution in [0, 0.1) is 5.41 Å². The fourth-order valence-corrected chi connectivity index (χ4v) is 2.43. The lowest BCUT2D eigenvalue weighted by molar-refractivity contribution is -0.117. The summed E-state index contributed by atoms with van der Waals surface area (Å²) in [4.78, 5) is 15.9. The van der Waals surface area contributed by atoms with Gasteiger partial charge in [-0.05, 0) is 34.0 Å². The molecule has 0 spiro atoms. The molecular weight excluding hydrogens is 212 g/mol. The van der Waals surface area contributed by atoms with E-state index in [1.165, 1.54) is 0 Å². The Hall–Kier alpha value is -0.410. The quantitative estimate of drug-likeness (QED) is 0.580. The first kappa shape index (κ1) is 16.6. The van der Waals surface area contributed by atoms with Gasteiger partial charge < -0.3 is 9.69 Å². The van der Waals surface area contributed by atoms with Gasteiger partial charge in [0.2, 0.25) is 0 Å². The second kappa shape index (κ2) is 7.83. The van der Waals surface area contributed by atoms with E-state index in [2.05, 4.69) is 51.6 Å². The third kappa shape index (κ3) is 6.18. The summed E-state index contributed by atoms with van der Waals surface area (Å²) >= 11 is 0. The average molecular weight is 242 g/mol. The molecule has 0 aliphatic rings. The highest BCUT2D eigenvalue weighted by Crippen LogP contribution is 2.22. The Kier molecular flexibility index (Phi) is 7.64. The lowest BCUT2D eigenvalue weighted by Gasteiger charge is -2.36. The van der Waals surface area contributed by atoms with E-state index in [4.69, 9.17) is 0 Å². The van der Waals surface area contributed by atoms with Gasteiger partial charge in [-0.2, -0.15) is 0 Å². The minimum absolute atomic E-state index is 0.189. The minimum Gasteiger partial charge on any atom is -0.308 e. The molecule has 2 atom stereocenters. The molecule has 0 aromatic heterocycles. The van der Waals surface area contributed by atoms with E-state index in [0.29, 0.717) is 6.04 Å². The first-order valence-corrected chi connectivity index (χ1v) is 6.73. The van der Waals surface area contributed by atoms with Crippen LogP contribution in [0.4, 0.5) is 0 Å². The molecular formula is C14H30N2O. The van der Waals surface area contributed by atoms with Crippen molar-refractivity contribution in [3.8, 4) is 0 Å². The molecule has 0 fully saturated rings. The van der Waals surface area contributed by atoms with Crippen LogP contribution < -0.4 is 0 Å². The highest BCUT2D eigenvalue weighted by atomic mass is 16.1. The maximum atomic E-state index is 11.3. The lowest BCUT2D eigenvalue weighted by Crippen LogP contribution is -2.45. The topological polar surface area (TPSA) is 23.6 Å². The molecule has 0 radical (unpaired) electrons. The van der Waals surface area contributed by atoms with Gasteiger partial charge in [0.25, 0.3) is 0 Å². The van der Waals surface area contributed by atoms with Gasteiger partial charge in [-0.25, -0.2) is 0 Å². The smallest absolute Gasteiger partial charge is 0.127 e. The maximum Gasteiger partial charge on any atom is 0.127 e. The van der Waals surface area contributed by atoms with Crippen molar-refractivity contribution >= 4 is 6.29 Å². The van der Waals surface area contributed by atoms with E-state index in [0.717, 1.165) is 38.8 Å². The molecule has 3 heteroatoms. The number of likely N-dealkylation sites (N-methyl/N-ethyl adjacent to an activating group) is 2. The van der Waals surface area contributed by atoms with Crippen molar-refractivity contribution in [2.75, 3.05) is 33.7 Å². The van der Waals surface area contributed by atoms with E-state index in [-0.39, 0.29) is 5.41 Å². The fourth-order valence-electron chi connectivity index (χ4n) is 2.43. The van der Waals surface area contributed by atoms with E-state index < -0.39 is 0 Å². The average Bonchev–Trinajstić information content (AvgIpc) is 2.25. The fraction of sp³-hybridized carbons (Fsp3) is 0.929. The normalized spacial score (nSPS) is 17.2. The summed E-state index contributed by atoms with van der Waals surface area (Å²) in [6, 6.07) is 0.492. The van der Waals surface area contributed by atoms with Crippen LogP contribution in [0.15, 0.2) is 0 Å². The van der Waals surface area contributed by atoms with Gasteiger partial charge in [0.15, 0.2) is 0 Å². The number of carbonyl (C=O) groups is 1. The van der Waals surface area contributed by atoms with Crippen molar-refractivity contribution in [1.82, 2.24) is 9.80 Å². The number of hydrogen-bond acceptors (Lipinski definition) is 3. The van der Waals surface area contributed by atoms with Crippen LogP contribution in [0.25, 0.3) is 0 Å². The molecule has 0 saturated carbocycles. The van der Waals surface area contributed by atoms with Crippen LogP contribution in [-0.2, 0) is 4.79 Å². The number of aldehydes is 1. The molecule has 2 unspecified atom stereocenters. The van der Waals surface area contributed by atoms with Gasteiger partial charge in [0, 0.05) is 24.5 Å². The number of carbonyl (C=O) groups excluding carboxylic acids is 1. The van der Waals surface area contributed by atoms with Crippen molar-refractivity contribution in [2.45, 2.75) is 46.6 Å². The second-order valence-corrected chi connectivity index (χ2v) is 5.70. The molecule has 0 aliphatic carbocycles.